The number of allylic oxidation sites excluding steroid dienone is 14. The van der Waals surface area contributed by atoms with E-state index in [-0.39, 0.29) is 76.8 Å². The Bertz CT molecular complexity index is 2070. The Hall–Kier alpha value is -4.79. The fourth-order valence-corrected chi connectivity index (χ4v) is 6.10. The molecule has 0 radical (unpaired) electrons. The molecule has 9 nitrogen and oxygen atoms in total. The normalized spacial score (nSPS) is 14.0. The number of hydrogen-bond donors (Lipinski definition) is 0. The van der Waals surface area contributed by atoms with Crippen molar-refractivity contribution in [2.75, 3.05) is 6.61 Å². The van der Waals surface area contributed by atoms with E-state index in [0.29, 0.717) is 61.1 Å². The smallest absolute Gasteiger partial charge is 0.330 e. The highest BCUT2D eigenvalue weighted by molar-refractivity contribution is 5.91. The van der Waals surface area contributed by atoms with Crippen LogP contribution < -0.4 is 0 Å². The zero-order valence-electron chi connectivity index (χ0n) is 60.7. The Kier molecular flexibility index (Phi) is 57.1. The number of ketones is 5. The van der Waals surface area contributed by atoms with Crippen molar-refractivity contribution >= 4 is 40.9 Å². The fraction of sp³-hybridized carbons (Fsp3) is 0.709. The van der Waals surface area contributed by atoms with Crippen molar-refractivity contribution in [3.05, 3.63) is 97.2 Å². The van der Waals surface area contributed by atoms with Gasteiger partial charge >= 0.3 is 11.9 Å². The lowest BCUT2D eigenvalue weighted by molar-refractivity contribution is -0.148. The number of esters is 2. The Balaban J connectivity index is -0.000000174. The molecule has 0 atom stereocenters. The van der Waals surface area contributed by atoms with E-state index in [1.54, 1.807) is 62.5 Å². The molecule has 0 spiro atoms. The maximum Gasteiger partial charge on any atom is 0.330 e. The van der Waals surface area contributed by atoms with Gasteiger partial charge in [0.05, 0.1) is 6.61 Å². The molecule has 0 aromatic carbocycles. The Morgan fingerprint density at radius 2 is 0.830 bits per heavy atom. The van der Waals surface area contributed by atoms with Crippen LogP contribution in [0.1, 0.15) is 305 Å². The summed E-state index contributed by atoms with van der Waals surface area (Å²) in [6, 6.07) is 0. The Morgan fingerprint density at radius 1 is 0.443 bits per heavy atom. The molecule has 0 saturated heterocycles. The van der Waals surface area contributed by atoms with Crippen molar-refractivity contribution in [1.29, 1.82) is 0 Å². The van der Waals surface area contributed by atoms with Gasteiger partial charge in [0.1, 0.15) is 5.60 Å². The molecule has 2 aliphatic rings. The van der Waals surface area contributed by atoms with Crippen molar-refractivity contribution < 1.29 is 43.0 Å². The summed E-state index contributed by atoms with van der Waals surface area (Å²) >= 11 is 0. The van der Waals surface area contributed by atoms with Crippen molar-refractivity contribution in [2.24, 2.45) is 50.2 Å². The fourth-order valence-electron chi connectivity index (χ4n) is 6.10. The van der Waals surface area contributed by atoms with E-state index in [4.69, 9.17) is 9.47 Å². The molecule has 2 rings (SSSR count). The topological polar surface area (TPSA) is 138 Å². The van der Waals surface area contributed by atoms with Crippen molar-refractivity contribution in [3.8, 4) is 0 Å². The molecular formula is C79H142O9. The van der Waals surface area contributed by atoms with Crippen LogP contribution in [0.5, 0.6) is 0 Å². The van der Waals surface area contributed by atoms with E-state index < -0.39 is 0 Å². The van der Waals surface area contributed by atoms with E-state index in [2.05, 4.69) is 130 Å². The Morgan fingerprint density at radius 3 is 1.12 bits per heavy atom. The maximum atomic E-state index is 11.4. The molecule has 0 bridgehead atoms. The molecule has 0 heterocycles. The number of carbonyl (C=O) groups is 7. The van der Waals surface area contributed by atoms with E-state index in [9.17, 15) is 33.6 Å². The molecule has 0 amide bonds. The number of hydrogen-bond acceptors (Lipinski definition) is 9. The molecule has 2 aliphatic carbocycles. The van der Waals surface area contributed by atoms with Crippen LogP contribution in [-0.2, 0) is 43.0 Å². The predicted molar refractivity (Wildman–Crippen MR) is 384 cm³/mol. The second kappa shape index (κ2) is 51.9. The van der Waals surface area contributed by atoms with Crippen LogP contribution in [0.25, 0.3) is 0 Å². The summed E-state index contributed by atoms with van der Waals surface area (Å²) in [5.41, 5.74) is 1.13. The molecule has 512 valence electrons. The zero-order chi connectivity index (χ0) is 68.0. The van der Waals surface area contributed by atoms with Gasteiger partial charge in [-0.3, -0.25) is 24.0 Å². The van der Waals surface area contributed by atoms with Crippen molar-refractivity contribution in [1.82, 2.24) is 0 Å². The van der Waals surface area contributed by atoms with Gasteiger partial charge in [-0.2, -0.15) is 0 Å². The van der Waals surface area contributed by atoms with Crippen LogP contribution in [0.4, 0.5) is 0 Å². The molecule has 0 N–H and O–H groups in total. The molecule has 9 heteroatoms. The minimum Gasteiger partial charge on any atom is -0.462 e. The van der Waals surface area contributed by atoms with E-state index >= 15 is 0 Å². The average molecular weight is 1240 g/mol. The first-order chi connectivity index (χ1) is 39.0. The lowest BCUT2D eigenvalue weighted by Crippen LogP contribution is -2.22. The van der Waals surface area contributed by atoms with Gasteiger partial charge in [0.25, 0.3) is 0 Å². The molecule has 88 heavy (non-hydrogen) atoms. The van der Waals surface area contributed by atoms with Crippen molar-refractivity contribution in [3.63, 3.8) is 0 Å². The van der Waals surface area contributed by atoms with Gasteiger partial charge in [0.2, 0.25) is 0 Å². The lowest BCUT2D eigenvalue weighted by Gasteiger charge is -2.21. The third-order valence-electron chi connectivity index (χ3n) is 11.9. The SMILES string of the molecule is C.C.C/C=C/C(=O)OC(C)(C)C.C/C=C/C=C/C(=O)OCC(C)(C)C.CC(=O)/C=C/CCC(C)(C)C.CC(C)(C)CCC(=O)/C=C/C1CC1.CC(C)(C)CCC(=O)/C=C/C1CCC1.CC(C)/C=C/C(=O)CCC(C)(C)C.CC/C=C/C(=O)CCC(C)(C)C. The molecule has 0 unspecified atom stereocenters. The van der Waals surface area contributed by atoms with Gasteiger partial charge in [-0.05, 0) is 193 Å². The summed E-state index contributed by atoms with van der Waals surface area (Å²) in [5.74, 6) is 2.57. The van der Waals surface area contributed by atoms with E-state index in [0.717, 1.165) is 50.9 Å². The summed E-state index contributed by atoms with van der Waals surface area (Å²) in [5, 5.41) is 0. The van der Waals surface area contributed by atoms with Gasteiger partial charge in [0, 0.05) is 37.8 Å². The van der Waals surface area contributed by atoms with Crippen LogP contribution in [0.15, 0.2) is 97.2 Å². The molecule has 0 aromatic heterocycles. The minimum atomic E-state index is -0.378. The number of ether oxygens (including phenoxy) is 2. The maximum absolute atomic E-state index is 11.4. The molecule has 0 aromatic rings. The second-order valence-electron chi connectivity index (χ2n) is 31.5. The molecule has 2 saturated carbocycles. The van der Waals surface area contributed by atoms with Crippen molar-refractivity contribution in [2.45, 2.75) is 310 Å². The Labute approximate surface area is 545 Å². The highest BCUT2D eigenvalue weighted by Crippen LogP contribution is 2.31. The summed E-state index contributed by atoms with van der Waals surface area (Å²) in [6.45, 7) is 56.1. The van der Waals surface area contributed by atoms with Gasteiger partial charge in [-0.1, -0.05) is 221 Å². The van der Waals surface area contributed by atoms with E-state index in [1.807, 2.05) is 79.7 Å². The first-order valence-corrected chi connectivity index (χ1v) is 32.4. The first kappa shape index (κ1) is 96.8. The lowest BCUT2D eigenvalue weighted by atomic mass is 9.84. The van der Waals surface area contributed by atoms with Gasteiger partial charge in [0.15, 0.2) is 28.9 Å². The second-order valence-corrected chi connectivity index (χ2v) is 31.5. The zero-order valence-corrected chi connectivity index (χ0v) is 60.7. The first-order valence-electron chi connectivity index (χ1n) is 32.4. The van der Waals surface area contributed by atoms with Crippen LogP contribution in [-0.4, -0.2) is 53.1 Å². The monoisotopic (exact) mass is 1240 g/mol. The number of rotatable bonds is 23. The minimum absolute atomic E-state index is 0. The highest BCUT2D eigenvalue weighted by Gasteiger charge is 2.19. The van der Waals surface area contributed by atoms with Crippen LogP contribution in [0.2, 0.25) is 0 Å². The van der Waals surface area contributed by atoms with Gasteiger partial charge in [-0.15, -0.1) is 0 Å². The van der Waals surface area contributed by atoms with Crippen LogP contribution >= 0.6 is 0 Å². The van der Waals surface area contributed by atoms with E-state index in [1.165, 1.54) is 44.3 Å². The quantitative estimate of drug-likeness (QED) is 0.0556. The number of carbonyl (C=O) groups excluding carboxylic acids is 7. The average Bonchev–Trinajstić information content (AvgIpc) is 4.16. The van der Waals surface area contributed by atoms with Crippen LogP contribution in [0, 0.1) is 50.2 Å². The summed E-state index contributed by atoms with van der Waals surface area (Å²) < 4.78 is 9.95. The summed E-state index contributed by atoms with van der Waals surface area (Å²) in [4.78, 5) is 77.5. The molecular weight excluding hydrogens is 1090 g/mol. The third-order valence-corrected chi connectivity index (χ3v) is 11.9. The highest BCUT2D eigenvalue weighted by atomic mass is 16.6. The van der Waals surface area contributed by atoms with Crippen LogP contribution in [0.3, 0.4) is 0 Å². The van der Waals surface area contributed by atoms with Gasteiger partial charge in [-0.25, -0.2) is 9.59 Å². The standard InChI is InChI=1S/C13H22O.C12H20O.C12H22O.C11H18O2.C11H20O.C10H18O.C8H14O2.2CH4/c1-13(2,3)10-9-12(14)8-7-11-5-4-6-11;1-12(2,3)9-8-11(13)7-6-10-4-5-10;1-10(2)6-7-11(13)8-9-12(3,4)5;1-5-6-7-8-10(12)13-9-11(2,3)4;1-5-6-7-10(12)8-9-11(2,3)4;1-9(11)7-5-6-8-10(2,3)4;1-5-6-7(9)10-8(2,3)4;;/h7-8,11H,4-6,9-10H2,1-3H3;6-7,10H,4-5,8-9H2,1-3H3;6-7,10H,8-9H2,1-5H3;5-8H,9H2,1-4H3;6-7H,5,8-9H2,1-4H3;5,7H,6,8H2,1-4H3;5-6H,1-4H3;2*1H4/b8-7+;2*7-6+;6-5+,8-7+;7-6+;7-5+;6-5+;;. The largest absolute Gasteiger partial charge is 0.462 e. The predicted octanol–water partition coefficient (Wildman–Crippen LogP) is 22.9. The summed E-state index contributed by atoms with van der Waals surface area (Å²) in [6.07, 6.45) is 44.7. The van der Waals surface area contributed by atoms with Gasteiger partial charge < -0.3 is 9.47 Å². The molecule has 2 fully saturated rings. The summed E-state index contributed by atoms with van der Waals surface area (Å²) in [7, 11) is 0. The third kappa shape index (κ3) is 94.9. The molecule has 0 aliphatic heterocycles.